The number of likely N-dealkylation sites (tertiary alicyclic amines) is 1. The van der Waals surface area contributed by atoms with Gasteiger partial charge in [0.25, 0.3) is 11.8 Å². The van der Waals surface area contributed by atoms with Crippen molar-refractivity contribution in [3.8, 4) is 28.5 Å². The molecule has 1 N–H and O–H groups in total. The Balaban J connectivity index is 1.14. The number of amides is 2. The normalized spacial score (nSPS) is 17.9. The molecular weight excluding hydrogens is 668 g/mol. The van der Waals surface area contributed by atoms with Crippen molar-refractivity contribution >= 4 is 23.2 Å². The van der Waals surface area contributed by atoms with Crippen molar-refractivity contribution in [3.05, 3.63) is 125 Å². The van der Waals surface area contributed by atoms with E-state index in [-0.39, 0.29) is 36.5 Å². The van der Waals surface area contributed by atoms with E-state index in [1.54, 1.807) is 36.3 Å². The largest absolute Gasteiger partial charge is 0.508 e. The average molecular weight is 711 g/mol. The van der Waals surface area contributed by atoms with Gasteiger partial charge in [-0.05, 0) is 91.4 Å². The number of hydrogen-bond acceptors (Lipinski definition) is 7. The summed E-state index contributed by atoms with van der Waals surface area (Å²) in [4.78, 5) is 36.1. The molecule has 0 spiro atoms. The molecule has 0 saturated carbocycles. The number of aromatic hydroxyl groups is 1. The summed E-state index contributed by atoms with van der Waals surface area (Å²) in [6, 6.07) is 30.3. The molecule has 2 amide bonds. The van der Waals surface area contributed by atoms with E-state index in [2.05, 4.69) is 27.7 Å². The van der Waals surface area contributed by atoms with Crippen molar-refractivity contribution in [1.82, 2.24) is 14.4 Å². The van der Waals surface area contributed by atoms with E-state index in [1.807, 2.05) is 59.5 Å². The molecule has 10 nitrogen and oxygen atoms in total. The van der Waals surface area contributed by atoms with E-state index in [4.69, 9.17) is 14.2 Å². The Morgan fingerprint density at radius 1 is 0.849 bits per heavy atom. The van der Waals surface area contributed by atoms with Crippen LogP contribution in [0.15, 0.2) is 97.1 Å². The Labute approximate surface area is 308 Å². The third-order valence-corrected chi connectivity index (χ3v) is 11.2. The van der Waals surface area contributed by atoms with E-state index < -0.39 is 0 Å². The third kappa shape index (κ3) is 6.11. The number of benzene rings is 4. The summed E-state index contributed by atoms with van der Waals surface area (Å²) in [6.45, 7) is 3.76. The predicted octanol–water partition coefficient (Wildman–Crippen LogP) is 6.80. The fraction of sp³-hybridized carbons (Fsp3) is 0.302. The number of phenolic OH excluding ortho intramolecular Hbond substituents is 1. The molecule has 9 rings (SSSR count). The van der Waals surface area contributed by atoms with E-state index in [0.29, 0.717) is 34.9 Å². The summed E-state index contributed by atoms with van der Waals surface area (Å²) < 4.78 is 19.5. The molecule has 0 bridgehead atoms. The maximum absolute atomic E-state index is 15.1. The second-order valence-electron chi connectivity index (χ2n) is 14.4. The number of para-hydroxylation sites is 1. The van der Waals surface area contributed by atoms with Crippen molar-refractivity contribution < 1.29 is 28.9 Å². The Hall–Kier alpha value is -5.58. The number of phenols is 1. The number of aromatic nitrogens is 1. The number of hydrogen-bond donors (Lipinski definition) is 1. The van der Waals surface area contributed by atoms with Gasteiger partial charge in [-0.15, -0.1) is 0 Å². The van der Waals surface area contributed by atoms with E-state index in [1.165, 1.54) is 5.56 Å². The summed E-state index contributed by atoms with van der Waals surface area (Å²) in [5.74, 6) is 1.000. The lowest BCUT2D eigenvalue weighted by Crippen LogP contribution is -2.58. The Morgan fingerprint density at radius 2 is 1.57 bits per heavy atom. The Morgan fingerprint density at radius 3 is 2.34 bits per heavy atom. The van der Waals surface area contributed by atoms with Gasteiger partial charge in [-0.2, -0.15) is 0 Å². The molecule has 270 valence electrons. The third-order valence-electron chi connectivity index (χ3n) is 11.2. The molecule has 4 aliphatic heterocycles. The molecule has 1 atom stereocenters. The van der Waals surface area contributed by atoms with E-state index in [9.17, 15) is 9.90 Å². The number of methoxy groups -OCH3 is 1. The first-order valence-electron chi connectivity index (χ1n) is 18.4. The molecule has 10 heteroatoms. The van der Waals surface area contributed by atoms with Gasteiger partial charge in [-0.25, -0.2) is 0 Å². The minimum absolute atomic E-state index is 0.0309. The van der Waals surface area contributed by atoms with Crippen molar-refractivity contribution in [2.75, 3.05) is 38.4 Å². The molecule has 53 heavy (non-hydrogen) atoms. The number of carbonyl (C=O) groups is 2. The minimum atomic E-state index is -0.177. The van der Waals surface area contributed by atoms with Crippen LogP contribution in [0.3, 0.4) is 0 Å². The molecule has 0 aliphatic carbocycles. The van der Waals surface area contributed by atoms with Gasteiger partial charge in [0.05, 0.1) is 17.2 Å². The SMILES string of the molecule is COC1CN(C[C@@H]2Cc3ccccc3CN2C(=O)c2cc3c(cc2-c2cc(C(=O)N(c4ccccc4)c4ccc(O)cc4)c4n2CCCC4)OCO3)C1. The van der Waals surface area contributed by atoms with Gasteiger partial charge in [0.1, 0.15) is 5.75 Å². The first kappa shape index (κ1) is 33.3. The van der Waals surface area contributed by atoms with Gasteiger partial charge in [0, 0.05) is 74.2 Å². The molecule has 0 unspecified atom stereocenters. The van der Waals surface area contributed by atoms with Crippen LogP contribution in [0.2, 0.25) is 0 Å². The topological polar surface area (TPSA) is 96.7 Å². The lowest BCUT2D eigenvalue weighted by atomic mass is 9.91. The fourth-order valence-corrected chi connectivity index (χ4v) is 8.36. The summed E-state index contributed by atoms with van der Waals surface area (Å²) in [5, 5.41) is 10.1. The van der Waals surface area contributed by atoms with Gasteiger partial charge in [-0.3, -0.25) is 19.4 Å². The van der Waals surface area contributed by atoms with Crippen molar-refractivity contribution in [2.24, 2.45) is 0 Å². The molecule has 5 heterocycles. The molecule has 4 aromatic carbocycles. The molecule has 4 aliphatic rings. The van der Waals surface area contributed by atoms with Gasteiger partial charge >= 0.3 is 0 Å². The summed E-state index contributed by atoms with van der Waals surface area (Å²) in [6.07, 6.45) is 3.63. The van der Waals surface area contributed by atoms with Crippen LogP contribution in [0, 0.1) is 0 Å². The van der Waals surface area contributed by atoms with Crippen LogP contribution < -0.4 is 14.4 Å². The fourth-order valence-electron chi connectivity index (χ4n) is 8.36. The summed E-state index contributed by atoms with van der Waals surface area (Å²) in [7, 11) is 1.75. The average Bonchev–Trinajstić information content (AvgIpc) is 3.81. The Bertz CT molecular complexity index is 2180. The highest BCUT2D eigenvalue weighted by atomic mass is 16.7. The highest BCUT2D eigenvalue weighted by Crippen LogP contribution is 2.43. The van der Waals surface area contributed by atoms with Crippen molar-refractivity contribution in [2.45, 2.75) is 50.9 Å². The zero-order valence-corrected chi connectivity index (χ0v) is 29.7. The zero-order valence-electron chi connectivity index (χ0n) is 29.7. The van der Waals surface area contributed by atoms with Crippen molar-refractivity contribution in [1.29, 1.82) is 0 Å². The van der Waals surface area contributed by atoms with Crippen molar-refractivity contribution in [3.63, 3.8) is 0 Å². The molecular formula is C43H42N4O6. The lowest BCUT2D eigenvalue weighted by Gasteiger charge is -2.44. The first-order chi connectivity index (χ1) is 25.9. The maximum Gasteiger partial charge on any atom is 0.264 e. The van der Waals surface area contributed by atoms with E-state index >= 15 is 4.79 Å². The highest BCUT2D eigenvalue weighted by Gasteiger charge is 2.38. The standard InChI is InChI=1S/C43H42N4O6/c1-51-34-25-44(26-34)24-32-19-28-9-5-6-10-29(28)23-46(32)42(49)36-22-41-40(52-27-53-41)21-35(36)39-20-37(38-13-7-8-18-45(38)39)43(50)47(30-11-3-2-4-12-30)31-14-16-33(48)17-15-31/h2-6,9-12,14-17,20-22,32,34,48H,7-8,13,18-19,23-27H2,1H3/t32-/m0/s1. The quantitative estimate of drug-likeness (QED) is 0.189. The summed E-state index contributed by atoms with van der Waals surface area (Å²) in [5.41, 5.74) is 7.38. The number of nitrogens with zero attached hydrogens (tertiary/aromatic N) is 4. The molecule has 1 saturated heterocycles. The van der Waals surface area contributed by atoms with Crippen LogP contribution in [0.25, 0.3) is 11.3 Å². The second kappa shape index (κ2) is 13.8. The number of ether oxygens (including phenoxy) is 3. The van der Waals surface area contributed by atoms with Crippen LogP contribution in [0.1, 0.15) is 50.4 Å². The van der Waals surface area contributed by atoms with Crippen LogP contribution in [-0.2, 0) is 30.7 Å². The van der Waals surface area contributed by atoms with Crippen LogP contribution in [0.4, 0.5) is 11.4 Å². The Kier molecular flexibility index (Phi) is 8.64. The number of fused-ring (bicyclic) bond motifs is 3. The second-order valence-corrected chi connectivity index (χ2v) is 14.4. The van der Waals surface area contributed by atoms with Gasteiger partial charge in [-0.1, -0.05) is 42.5 Å². The zero-order chi connectivity index (χ0) is 36.1. The molecule has 5 aromatic rings. The number of anilines is 2. The van der Waals surface area contributed by atoms with Crippen LogP contribution in [0.5, 0.6) is 17.2 Å². The maximum atomic E-state index is 15.1. The molecule has 0 radical (unpaired) electrons. The number of rotatable bonds is 8. The lowest BCUT2D eigenvalue weighted by molar-refractivity contribution is -0.0400. The first-order valence-corrected chi connectivity index (χ1v) is 18.4. The van der Waals surface area contributed by atoms with Gasteiger partial charge < -0.3 is 28.8 Å². The van der Waals surface area contributed by atoms with Gasteiger partial charge in [0.2, 0.25) is 6.79 Å². The molecule has 1 aromatic heterocycles. The minimum Gasteiger partial charge on any atom is -0.508 e. The summed E-state index contributed by atoms with van der Waals surface area (Å²) >= 11 is 0. The monoisotopic (exact) mass is 710 g/mol. The highest BCUT2D eigenvalue weighted by molar-refractivity contribution is 6.12. The predicted molar refractivity (Wildman–Crippen MR) is 201 cm³/mol. The van der Waals surface area contributed by atoms with Crippen LogP contribution in [-0.4, -0.2) is 77.0 Å². The van der Waals surface area contributed by atoms with Crippen LogP contribution >= 0.6 is 0 Å². The number of carbonyl (C=O) groups excluding carboxylic acids is 2. The molecule has 1 fully saturated rings. The smallest absolute Gasteiger partial charge is 0.264 e. The van der Waals surface area contributed by atoms with Gasteiger partial charge in [0.15, 0.2) is 11.5 Å². The van der Waals surface area contributed by atoms with E-state index in [0.717, 1.165) is 80.1 Å².